The maximum Gasteiger partial charge on any atom is 0.233 e. The normalized spacial score (nSPS) is 28.4. The lowest BCUT2D eigenvalue weighted by molar-refractivity contribution is -0.131. The fourth-order valence-electron chi connectivity index (χ4n) is 7.66. The zero-order valence-electron chi connectivity index (χ0n) is 21.1. The van der Waals surface area contributed by atoms with Gasteiger partial charge in [-0.15, -0.1) is 11.3 Å². The van der Waals surface area contributed by atoms with Crippen molar-refractivity contribution in [3.8, 4) is 0 Å². The number of carbonyl (C=O) groups is 1. The van der Waals surface area contributed by atoms with E-state index in [0.717, 1.165) is 39.9 Å². The van der Waals surface area contributed by atoms with Crippen molar-refractivity contribution in [2.45, 2.75) is 109 Å². The highest BCUT2D eigenvalue weighted by Crippen LogP contribution is 2.60. The predicted octanol–water partition coefficient (Wildman–Crippen LogP) is 6.77. The Bertz CT molecular complexity index is 1010. The quantitative estimate of drug-likeness (QED) is 0.321. The Labute approximate surface area is 207 Å². The van der Waals surface area contributed by atoms with E-state index in [1.807, 2.05) is 16.2 Å². The largest absolute Gasteiger partial charge is 0.337 e. The van der Waals surface area contributed by atoms with E-state index in [1.54, 1.807) is 11.8 Å². The van der Waals surface area contributed by atoms with Crippen LogP contribution >= 0.6 is 23.1 Å². The van der Waals surface area contributed by atoms with E-state index in [-0.39, 0.29) is 23.4 Å². The summed E-state index contributed by atoms with van der Waals surface area (Å²) in [6, 6.07) is 0.418. The Hall–Kier alpha value is -1.14. The summed E-state index contributed by atoms with van der Waals surface area (Å²) in [5, 5.41) is 2.26. The Kier molecular flexibility index (Phi) is 6.30. The number of nitrogens with zero attached hydrogens (tertiary/aromatic N) is 3. The summed E-state index contributed by atoms with van der Waals surface area (Å²) in [6.45, 7) is 12.9. The molecule has 2 aromatic rings. The predicted molar refractivity (Wildman–Crippen MR) is 139 cm³/mol. The molecule has 2 aromatic heterocycles. The van der Waals surface area contributed by atoms with Gasteiger partial charge >= 0.3 is 0 Å². The Morgan fingerprint density at radius 3 is 2.15 bits per heavy atom. The van der Waals surface area contributed by atoms with Crippen LogP contribution in [0.25, 0.3) is 10.2 Å². The summed E-state index contributed by atoms with van der Waals surface area (Å²) in [5.74, 6) is 4.36. The second-order valence-corrected chi connectivity index (χ2v) is 13.7. The highest BCUT2D eigenvalue weighted by atomic mass is 32.2. The van der Waals surface area contributed by atoms with Crippen molar-refractivity contribution < 1.29 is 4.79 Å². The van der Waals surface area contributed by atoms with Crippen LogP contribution in [0, 0.1) is 24.7 Å². The third kappa shape index (κ3) is 4.13. The molecule has 0 spiro atoms. The first-order chi connectivity index (χ1) is 15.7. The van der Waals surface area contributed by atoms with Crippen molar-refractivity contribution in [2.75, 3.05) is 5.75 Å². The minimum atomic E-state index is 0.175. The molecule has 0 radical (unpaired) electrons. The van der Waals surface area contributed by atoms with Crippen LogP contribution in [0.3, 0.4) is 0 Å². The van der Waals surface area contributed by atoms with Gasteiger partial charge in [0.05, 0.1) is 5.75 Å². The van der Waals surface area contributed by atoms with Gasteiger partial charge in [-0.3, -0.25) is 4.79 Å². The molecule has 2 heterocycles. The third-order valence-electron chi connectivity index (χ3n) is 8.42. The van der Waals surface area contributed by atoms with Crippen LogP contribution < -0.4 is 0 Å². The van der Waals surface area contributed by atoms with Crippen molar-refractivity contribution in [2.24, 2.45) is 17.8 Å². The second kappa shape index (κ2) is 8.82. The van der Waals surface area contributed by atoms with Crippen LogP contribution in [0.15, 0.2) is 5.03 Å². The van der Waals surface area contributed by atoms with Crippen LogP contribution in [0.1, 0.15) is 89.4 Å². The van der Waals surface area contributed by atoms with Gasteiger partial charge in [-0.25, -0.2) is 9.97 Å². The molecule has 180 valence electrons. The number of aromatic nitrogens is 2. The lowest BCUT2D eigenvalue weighted by Gasteiger charge is -2.56. The molecule has 6 heteroatoms. The fraction of sp³-hybridized carbons (Fsp3) is 0.741. The van der Waals surface area contributed by atoms with Crippen molar-refractivity contribution >= 4 is 39.2 Å². The minimum Gasteiger partial charge on any atom is -0.337 e. The molecule has 1 amide bonds. The zero-order chi connectivity index (χ0) is 23.5. The molecule has 33 heavy (non-hydrogen) atoms. The van der Waals surface area contributed by atoms with Crippen molar-refractivity contribution in [1.29, 1.82) is 0 Å². The fourth-order valence-corrected chi connectivity index (χ4v) is 9.77. The summed E-state index contributed by atoms with van der Waals surface area (Å²) in [5.41, 5.74) is 1.54. The molecular weight excluding hydrogens is 446 g/mol. The third-order valence-corrected chi connectivity index (χ3v) is 10.4. The van der Waals surface area contributed by atoms with E-state index >= 15 is 0 Å². The van der Waals surface area contributed by atoms with Crippen molar-refractivity contribution in [1.82, 2.24) is 14.9 Å². The zero-order valence-corrected chi connectivity index (χ0v) is 22.7. The molecule has 4 aliphatic carbocycles. The van der Waals surface area contributed by atoms with Gasteiger partial charge in [0.25, 0.3) is 0 Å². The number of amides is 1. The molecule has 4 nitrogen and oxygen atoms in total. The number of thioether (sulfide) groups is 1. The van der Waals surface area contributed by atoms with Crippen LogP contribution in [-0.4, -0.2) is 38.6 Å². The molecule has 0 saturated heterocycles. The molecule has 6 rings (SSSR count). The molecule has 0 unspecified atom stereocenters. The molecule has 4 fully saturated rings. The first-order valence-electron chi connectivity index (χ1n) is 12.9. The number of hydrogen-bond donors (Lipinski definition) is 0. The van der Waals surface area contributed by atoms with E-state index in [1.165, 1.54) is 54.4 Å². The number of rotatable bonds is 7. The van der Waals surface area contributed by atoms with E-state index in [0.29, 0.717) is 5.75 Å². The van der Waals surface area contributed by atoms with Gasteiger partial charge in [0.15, 0.2) is 0 Å². The van der Waals surface area contributed by atoms with E-state index in [9.17, 15) is 4.79 Å². The molecule has 4 saturated carbocycles. The molecule has 4 aliphatic rings. The van der Waals surface area contributed by atoms with Gasteiger partial charge in [-0.1, -0.05) is 18.7 Å². The summed E-state index contributed by atoms with van der Waals surface area (Å²) >= 11 is 3.47. The van der Waals surface area contributed by atoms with E-state index < -0.39 is 0 Å². The Morgan fingerprint density at radius 1 is 1.06 bits per heavy atom. The van der Waals surface area contributed by atoms with Crippen molar-refractivity contribution in [3.05, 3.63) is 16.3 Å². The first kappa shape index (κ1) is 23.6. The van der Waals surface area contributed by atoms with Gasteiger partial charge in [0, 0.05) is 27.8 Å². The highest BCUT2D eigenvalue weighted by molar-refractivity contribution is 8.00. The summed E-state index contributed by atoms with van der Waals surface area (Å²) in [4.78, 5) is 28.3. The number of carbonyl (C=O) groups excluding carboxylic acids is 1. The topological polar surface area (TPSA) is 46.1 Å². The van der Waals surface area contributed by atoms with Crippen molar-refractivity contribution in [3.63, 3.8) is 0 Å². The lowest BCUT2D eigenvalue weighted by Crippen LogP contribution is -2.49. The maximum atomic E-state index is 13.2. The Balaban J connectivity index is 1.52. The highest BCUT2D eigenvalue weighted by Gasteiger charge is 2.53. The summed E-state index contributed by atoms with van der Waals surface area (Å²) in [7, 11) is 0. The maximum absolute atomic E-state index is 13.2. The van der Waals surface area contributed by atoms with Crippen LogP contribution in [0.2, 0.25) is 0 Å². The SMILES string of the molecule is CCc1c(C)sc2nc(C34CC5CC(CC(C5)C3)C4)nc(SCC(=O)N(C(C)C)C(C)C)c12. The van der Waals surface area contributed by atoms with Crippen LogP contribution in [0.5, 0.6) is 0 Å². The minimum absolute atomic E-state index is 0.175. The Morgan fingerprint density at radius 2 is 1.64 bits per heavy atom. The second-order valence-electron chi connectivity index (χ2n) is 11.5. The van der Waals surface area contributed by atoms with Gasteiger partial charge < -0.3 is 4.90 Å². The lowest BCUT2D eigenvalue weighted by atomic mass is 9.49. The number of thiophene rings is 1. The summed E-state index contributed by atoms with van der Waals surface area (Å²) < 4.78 is 0. The van der Waals surface area contributed by atoms with Crippen LogP contribution in [0.4, 0.5) is 0 Å². The molecule has 0 aliphatic heterocycles. The van der Waals surface area contributed by atoms with E-state index in [2.05, 4.69) is 41.5 Å². The number of hydrogen-bond acceptors (Lipinski definition) is 5. The molecule has 0 aromatic carbocycles. The first-order valence-corrected chi connectivity index (χ1v) is 14.8. The molecule has 0 N–H and O–H groups in total. The van der Waals surface area contributed by atoms with Gasteiger partial charge in [0.1, 0.15) is 15.7 Å². The molecular formula is C27H39N3OS2. The number of fused-ring (bicyclic) bond motifs is 1. The van der Waals surface area contributed by atoms with E-state index in [4.69, 9.17) is 9.97 Å². The standard InChI is InChI=1S/C27H39N3OS2/c1-7-21-17(6)33-25-23(21)24(32-14-22(31)30(15(2)3)16(4)5)28-26(29-25)27-11-18-8-19(12-27)10-20(9-18)13-27/h15-16,18-20H,7-14H2,1-6H3. The monoisotopic (exact) mass is 485 g/mol. The molecule has 4 bridgehead atoms. The smallest absolute Gasteiger partial charge is 0.233 e. The van der Waals surface area contributed by atoms with Gasteiger partial charge in [-0.2, -0.15) is 0 Å². The van der Waals surface area contributed by atoms with Crippen LogP contribution in [-0.2, 0) is 16.6 Å². The van der Waals surface area contributed by atoms with Gasteiger partial charge in [-0.05, 0) is 103 Å². The van der Waals surface area contributed by atoms with Gasteiger partial charge in [0.2, 0.25) is 5.91 Å². The summed E-state index contributed by atoms with van der Waals surface area (Å²) in [6.07, 6.45) is 9.08. The molecule has 0 atom stereocenters. The average Bonchev–Trinajstić information content (AvgIpc) is 3.05. The number of aryl methyl sites for hydroxylation is 2. The average molecular weight is 486 g/mol.